The zero-order chi connectivity index (χ0) is 23.2. The Kier molecular flexibility index (Phi) is 5.93. The van der Waals surface area contributed by atoms with E-state index in [-0.39, 0.29) is 11.3 Å². The van der Waals surface area contributed by atoms with Crippen LogP contribution in [-0.2, 0) is 18.3 Å². The van der Waals surface area contributed by atoms with E-state index in [1.807, 2.05) is 24.1 Å². The number of fused-ring (bicyclic) bond motifs is 1. The van der Waals surface area contributed by atoms with Gasteiger partial charge in [0.05, 0.1) is 11.3 Å². The Labute approximate surface area is 197 Å². The predicted octanol–water partition coefficient (Wildman–Crippen LogP) is 3.59. The first-order chi connectivity index (χ1) is 15.8. The number of piperazine rings is 1. The lowest BCUT2D eigenvalue weighted by Gasteiger charge is -2.43. The first-order valence-corrected chi connectivity index (χ1v) is 12.5. The third-order valence-corrected chi connectivity index (χ3v) is 7.57. The Morgan fingerprint density at radius 1 is 1.06 bits per heavy atom. The second kappa shape index (κ2) is 8.75. The highest BCUT2D eigenvalue weighted by atomic mass is 16.3. The molecule has 5 rings (SSSR count). The van der Waals surface area contributed by atoms with Crippen molar-refractivity contribution in [2.24, 2.45) is 0 Å². The molecule has 4 heterocycles. The first-order valence-electron chi connectivity index (χ1n) is 12.5. The van der Waals surface area contributed by atoms with Gasteiger partial charge in [-0.05, 0) is 37.8 Å². The predicted molar refractivity (Wildman–Crippen MR) is 129 cm³/mol. The van der Waals surface area contributed by atoms with E-state index < -0.39 is 0 Å². The van der Waals surface area contributed by atoms with Gasteiger partial charge in [0.1, 0.15) is 11.5 Å². The minimum atomic E-state index is -0.117. The van der Waals surface area contributed by atoms with Gasteiger partial charge in [-0.2, -0.15) is 0 Å². The van der Waals surface area contributed by atoms with Crippen LogP contribution >= 0.6 is 0 Å². The maximum absolute atomic E-state index is 13.3. The van der Waals surface area contributed by atoms with Crippen molar-refractivity contribution in [2.45, 2.75) is 71.3 Å². The van der Waals surface area contributed by atoms with Crippen molar-refractivity contribution in [1.29, 1.82) is 0 Å². The van der Waals surface area contributed by atoms with Gasteiger partial charge in [0.15, 0.2) is 0 Å². The van der Waals surface area contributed by atoms with Crippen molar-refractivity contribution < 1.29 is 9.21 Å². The lowest BCUT2D eigenvalue weighted by Crippen LogP contribution is -2.52. The lowest BCUT2D eigenvalue weighted by atomic mass is 9.91. The van der Waals surface area contributed by atoms with Gasteiger partial charge in [-0.1, -0.05) is 27.2 Å². The van der Waals surface area contributed by atoms with Gasteiger partial charge in [0, 0.05) is 63.3 Å². The normalized spacial score (nSPS) is 20.4. The molecule has 2 aliphatic heterocycles. The molecule has 3 aliphatic rings. The summed E-state index contributed by atoms with van der Waals surface area (Å²) >= 11 is 0. The average molecular weight is 452 g/mol. The number of furan rings is 1. The zero-order valence-electron chi connectivity index (χ0n) is 20.6. The molecule has 2 fully saturated rings. The Morgan fingerprint density at radius 3 is 2.42 bits per heavy atom. The Balaban J connectivity index is 1.24. The van der Waals surface area contributed by atoms with Gasteiger partial charge >= 0.3 is 0 Å². The highest BCUT2D eigenvalue weighted by Crippen LogP contribution is 2.29. The number of hydrogen-bond acceptors (Lipinski definition) is 6. The van der Waals surface area contributed by atoms with Crippen molar-refractivity contribution in [3.05, 3.63) is 40.6 Å². The quantitative estimate of drug-likeness (QED) is 0.711. The molecular weight excluding hydrogens is 414 g/mol. The van der Waals surface area contributed by atoms with Crippen LogP contribution in [0.5, 0.6) is 0 Å². The van der Waals surface area contributed by atoms with E-state index in [9.17, 15) is 4.79 Å². The second-order valence-corrected chi connectivity index (χ2v) is 10.9. The van der Waals surface area contributed by atoms with Crippen LogP contribution in [0.3, 0.4) is 0 Å². The van der Waals surface area contributed by atoms with E-state index in [2.05, 4.69) is 30.6 Å². The van der Waals surface area contributed by atoms with Gasteiger partial charge in [0.25, 0.3) is 5.91 Å². The lowest BCUT2D eigenvalue weighted by molar-refractivity contribution is 0.0761. The van der Waals surface area contributed by atoms with Gasteiger partial charge in [-0.25, -0.2) is 9.97 Å². The smallest absolute Gasteiger partial charge is 0.257 e. The third kappa shape index (κ3) is 4.52. The van der Waals surface area contributed by atoms with E-state index >= 15 is 0 Å². The molecule has 7 heteroatoms. The summed E-state index contributed by atoms with van der Waals surface area (Å²) in [5, 5.41) is 0. The topological polar surface area (TPSA) is 65.7 Å². The van der Waals surface area contributed by atoms with E-state index in [1.54, 1.807) is 0 Å². The highest BCUT2D eigenvalue weighted by Gasteiger charge is 2.30. The molecule has 1 aliphatic carbocycles. The van der Waals surface area contributed by atoms with Crippen molar-refractivity contribution in [3.8, 4) is 0 Å². The van der Waals surface area contributed by atoms with Gasteiger partial charge in [-0.15, -0.1) is 0 Å². The van der Waals surface area contributed by atoms with Gasteiger partial charge in [-0.3, -0.25) is 9.69 Å². The highest BCUT2D eigenvalue weighted by molar-refractivity contribution is 5.95. The number of carbonyl (C=O) groups excluding carboxylic acids is 1. The summed E-state index contributed by atoms with van der Waals surface area (Å²) in [6.45, 7) is 13.8. The van der Waals surface area contributed by atoms with Gasteiger partial charge in [0.2, 0.25) is 5.95 Å². The summed E-state index contributed by atoms with van der Waals surface area (Å²) in [5.74, 6) is 2.46. The average Bonchev–Trinajstić information content (AvgIpc) is 3.03. The Hall–Kier alpha value is -2.41. The number of amides is 1. The molecule has 1 saturated carbocycles. The fourth-order valence-electron chi connectivity index (χ4n) is 5.09. The number of aryl methyl sites for hydroxylation is 1. The minimum Gasteiger partial charge on any atom is -0.465 e. The van der Waals surface area contributed by atoms with E-state index in [0.717, 1.165) is 62.5 Å². The summed E-state index contributed by atoms with van der Waals surface area (Å²) in [4.78, 5) is 29.9. The van der Waals surface area contributed by atoms with Crippen molar-refractivity contribution in [2.75, 3.05) is 44.2 Å². The number of anilines is 1. The molecule has 2 aromatic heterocycles. The van der Waals surface area contributed by atoms with Crippen LogP contribution in [0.2, 0.25) is 0 Å². The number of nitrogens with zero attached hydrogens (tertiary/aromatic N) is 5. The fourth-order valence-corrected chi connectivity index (χ4v) is 5.09. The molecule has 0 spiro atoms. The summed E-state index contributed by atoms with van der Waals surface area (Å²) < 4.78 is 5.92. The number of rotatable bonds is 3. The van der Waals surface area contributed by atoms with Crippen LogP contribution < -0.4 is 4.90 Å². The van der Waals surface area contributed by atoms with E-state index in [4.69, 9.17) is 14.4 Å². The summed E-state index contributed by atoms with van der Waals surface area (Å²) in [6.07, 6.45) is 7.66. The van der Waals surface area contributed by atoms with E-state index in [0.29, 0.717) is 24.4 Å². The standard InChI is InChI=1S/C26H37N5O2/c1-18-21(16-23(33-18)26(2,3)4)24(32)30-10-8-19-17-27-25(28-22(19)9-11-30)31-14-12-29(13-15-31)20-6-5-7-20/h16-17,20H,5-15H2,1-4H3. The fraction of sp³-hybridized carbons (Fsp3) is 0.654. The minimum absolute atomic E-state index is 0.0554. The molecule has 7 nitrogen and oxygen atoms in total. The maximum atomic E-state index is 13.3. The molecule has 178 valence electrons. The summed E-state index contributed by atoms with van der Waals surface area (Å²) in [6, 6.07) is 2.73. The molecule has 0 unspecified atom stereocenters. The SMILES string of the molecule is Cc1oc(C(C)(C)C)cc1C(=O)N1CCc2cnc(N3CCN(C4CCC4)CC3)nc2CC1. The molecule has 0 bridgehead atoms. The Morgan fingerprint density at radius 2 is 1.79 bits per heavy atom. The molecule has 2 aromatic rings. The van der Waals surface area contributed by atoms with Gasteiger partial charge < -0.3 is 14.2 Å². The molecule has 33 heavy (non-hydrogen) atoms. The van der Waals surface area contributed by atoms with Crippen molar-refractivity contribution in [3.63, 3.8) is 0 Å². The summed E-state index contributed by atoms with van der Waals surface area (Å²) in [7, 11) is 0. The monoisotopic (exact) mass is 451 g/mol. The van der Waals surface area contributed by atoms with Crippen LogP contribution in [-0.4, -0.2) is 71.0 Å². The molecule has 0 radical (unpaired) electrons. The zero-order valence-corrected chi connectivity index (χ0v) is 20.6. The maximum Gasteiger partial charge on any atom is 0.257 e. The van der Waals surface area contributed by atoms with Crippen LogP contribution in [0.25, 0.3) is 0 Å². The van der Waals surface area contributed by atoms with Crippen LogP contribution in [0.15, 0.2) is 16.7 Å². The molecule has 0 N–H and O–H groups in total. The summed E-state index contributed by atoms with van der Waals surface area (Å²) in [5.41, 5.74) is 2.83. The van der Waals surface area contributed by atoms with Crippen molar-refractivity contribution >= 4 is 11.9 Å². The molecule has 1 saturated heterocycles. The van der Waals surface area contributed by atoms with Crippen LogP contribution in [0.1, 0.15) is 73.2 Å². The molecule has 0 aromatic carbocycles. The van der Waals surface area contributed by atoms with Crippen LogP contribution in [0, 0.1) is 6.92 Å². The number of carbonyl (C=O) groups is 1. The number of aromatic nitrogens is 2. The molecular formula is C26H37N5O2. The number of hydrogen-bond donors (Lipinski definition) is 0. The van der Waals surface area contributed by atoms with Crippen molar-refractivity contribution in [1.82, 2.24) is 19.8 Å². The van der Waals surface area contributed by atoms with Crippen LogP contribution in [0.4, 0.5) is 5.95 Å². The second-order valence-electron chi connectivity index (χ2n) is 10.9. The Bertz CT molecular complexity index is 1010. The molecule has 0 atom stereocenters. The third-order valence-electron chi connectivity index (χ3n) is 7.57. The first kappa shape index (κ1) is 22.4. The molecule has 1 amide bonds. The largest absolute Gasteiger partial charge is 0.465 e. The van der Waals surface area contributed by atoms with E-state index in [1.165, 1.54) is 24.8 Å².